The van der Waals surface area contributed by atoms with Crippen LogP contribution in [0, 0.1) is 22.7 Å². The van der Waals surface area contributed by atoms with Crippen LogP contribution in [0.2, 0.25) is 0 Å². The maximum atomic E-state index is 9.11. The van der Waals surface area contributed by atoms with E-state index in [9.17, 15) is 0 Å². The smallest absolute Gasteiger partial charge is 0.161 e. The Morgan fingerprint density at radius 3 is 2.61 bits per heavy atom. The number of allylic oxidation sites excluding steroid dienone is 1. The number of hydrogen-bond donors (Lipinski definition) is 0. The molecule has 23 heavy (non-hydrogen) atoms. The Morgan fingerprint density at radius 1 is 1.04 bits per heavy atom. The number of nitriles is 2. The molecule has 0 aromatic heterocycles. The normalized spacial score (nSPS) is 10.0. The summed E-state index contributed by atoms with van der Waals surface area (Å²) >= 11 is 0. The Hall–Kier alpha value is -3.24. The van der Waals surface area contributed by atoms with Crippen LogP contribution in [0.3, 0.4) is 0 Å². The van der Waals surface area contributed by atoms with Crippen molar-refractivity contribution in [1.82, 2.24) is 0 Å². The molecule has 0 fully saturated rings. The first-order chi connectivity index (χ1) is 11.3. The van der Waals surface area contributed by atoms with Crippen molar-refractivity contribution in [1.29, 1.82) is 10.5 Å². The van der Waals surface area contributed by atoms with Gasteiger partial charge in [-0.05, 0) is 36.8 Å². The second-order valence-electron chi connectivity index (χ2n) is 4.66. The average Bonchev–Trinajstić information content (AvgIpc) is 2.59. The third kappa shape index (κ3) is 4.36. The average molecular weight is 304 g/mol. The second-order valence-corrected chi connectivity index (χ2v) is 4.66. The fourth-order valence-electron chi connectivity index (χ4n) is 2.06. The highest BCUT2D eigenvalue weighted by Crippen LogP contribution is 2.30. The standard InChI is InChI=1S/C19H16N2O2/c1-2-22-19-12-15(6-5-11-20)9-10-18(19)23-14-17-8-4-3-7-16(17)13-21/h3-10,12H,2,14H2,1H3/b6-5+. The third-order valence-electron chi connectivity index (χ3n) is 3.14. The van der Waals surface area contributed by atoms with E-state index in [1.165, 1.54) is 6.08 Å². The van der Waals surface area contributed by atoms with E-state index in [1.807, 2.05) is 43.3 Å². The van der Waals surface area contributed by atoms with Gasteiger partial charge in [0.25, 0.3) is 0 Å². The van der Waals surface area contributed by atoms with Gasteiger partial charge < -0.3 is 9.47 Å². The predicted molar refractivity (Wildman–Crippen MR) is 87.7 cm³/mol. The van der Waals surface area contributed by atoms with E-state index >= 15 is 0 Å². The monoisotopic (exact) mass is 304 g/mol. The van der Waals surface area contributed by atoms with Crippen LogP contribution in [-0.4, -0.2) is 6.61 Å². The topological polar surface area (TPSA) is 66.0 Å². The third-order valence-corrected chi connectivity index (χ3v) is 3.14. The van der Waals surface area contributed by atoms with Gasteiger partial charge in [-0.15, -0.1) is 0 Å². The molecule has 0 N–H and O–H groups in total. The first kappa shape index (κ1) is 16.1. The molecule has 114 valence electrons. The Labute approximate surface area is 135 Å². The quantitative estimate of drug-likeness (QED) is 0.754. The SMILES string of the molecule is CCOc1cc(/C=C/C#N)ccc1OCc1ccccc1C#N. The lowest BCUT2D eigenvalue weighted by atomic mass is 10.1. The molecule has 2 aromatic carbocycles. The summed E-state index contributed by atoms with van der Waals surface area (Å²) in [7, 11) is 0. The molecule has 0 saturated carbocycles. The van der Waals surface area contributed by atoms with Crippen molar-refractivity contribution in [3.05, 3.63) is 65.2 Å². The molecule has 0 radical (unpaired) electrons. The van der Waals surface area contributed by atoms with Crippen molar-refractivity contribution in [2.75, 3.05) is 6.61 Å². The second kappa shape index (κ2) is 8.26. The van der Waals surface area contributed by atoms with Gasteiger partial charge in [-0.3, -0.25) is 0 Å². The van der Waals surface area contributed by atoms with E-state index in [0.717, 1.165) is 11.1 Å². The molecule has 2 rings (SSSR count). The van der Waals surface area contributed by atoms with Crippen molar-refractivity contribution in [2.45, 2.75) is 13.5 Å². The molecule has 0 atom stereocenters. The fourth-order valence-corrected chi connectivity index (χ4v) is 2.06. The van der Waals surface area contributed by atoms with E-state index in [0.29, 0.717) is 23.7 Å². The van der Waals surface area contributed by atoms with Gasteiger partial charge in [0, 0.05) is 11.6 Å². The molecule has 0 saturated heterocycles. The molecule has 0 aliphatic rings. The number of rotatable bonds is 6. The van der Waals surface area contributed by atoms with Crippen LogP contribution < -0.4 is 9.47 Å². The zero-order valence-corrected chi connectivity index (χ0v) is 12.8. The van der Waals surface area contributed by atoms with Crippen molar-refractivity contribution in [3.8, 4) is 23.6 Å². The Morgan fingerprint density at radius 2 is 1.87 bits per heavy atom. The summed E-state index contributed by atoms with van der Waals surface area (Å²) in [4.78, 5) is 0. The van der Waals surface area contributed by atoms with Gasteiger partial charge in [-0.1, -0.05) is 24.3 Å². The van der Waals surface area contributed by atoms with Gasteiger partial charge in [0.2, 0.25) is 0 Å². The highest BCUT2D eigenvalue weighted by Gasteiger charge is 2.08. The number of ether oxygens (including phenoxy) is 2. The van der Waals surface area contributed by atoms with Crippen LogP contribution in [0.1, 0.15) is 23.6 Å². The summed E-state index contributed by atoms with van der Waals surface area (Å²) < 4.78 is 11.4. The first-order valence-corrected chi connectivity index (χ1v) is 7.22. The van der Waals surface area contributed by atoms with E-state index in [-0.39, 0.29) is 6.61 Å². The molecule has 0 heterocycles. The molecular formula is C19H16N2O2. The van der Waals surface area contributed by atoms with Crippen molar-refractivity contribution in [2.24, 2.45) is 0 Å². The zero-order chi connectivity index (χ0) is 16.5. The minimum Gasteiger partial charge on any atom is -0.490 e. The molecular weight excluding hydrogens is 288 g/mol. The van der Waals surface area contributed by atoms with E-state index in [4.69, 9.17) is 20.0 Å². The molecule has 0 unspecified atom stereocenters. The summed E-state index contributed by atoms with van der Waals surface area (Å²) in [6.07, 6.45) is 3.12. The number of nitrogens with zero attached hydrogens (tertiary/aromatic N) is 2. The number of hydrogen-bond acceptors (Lipinski definition) is 4. The van der Waals surface area contributed by atoms with Crippen LogP contribution in [0.15, 0.2) is 48.5 Å². The summed E-state index contributed by atoms with van der Waals surface area (Å²) in [6.45, 7) is 2.69. The minimum absolute atomic E-state index is 0.289. The minimum atomic E-state index is 0.289. The molecule has 0 bridgehead atoms. The van der Waals surface area contributed by atoms with Crippen LogP contribution in [0.4, 0.5) is 0 Å². The Bertz CT molecular complexity index is 783. The number of benzene rings is 2. The van der Waals surface area contributed by atoms with Gasteiger partial charge in [-0.25, -0.2) is 0 Å². The van der Waals surface area contributed by atoms with E-state index < -0.39 is 0 Å². The largest absolute Gasteiger partial charge is 0.490 e. The summed E-state index contributed by atoms with van der Waals surface area (Å²) in [5, 5.41) is 17.7. The van der Waals surface area contributed by atoms with Crippen LogP contribution in [0.5, 0.6) is 11.5 Å². The van der Waals surface area contributed by atoms with Gasteiger partial charge in [0.05, 0.1) is 24.3 Å². The Kier molecular flexibility index (Phi) is 5.80. The highest BCUT2D eigenvalue weighted by molar-refractivity contribution is 5.57. The molecule has 0 aliphatic carbocycles. The van der Waals surface area contributed by atoms with Crippen molar-refractivity contribution < 1.29 is 9.47 Å². The van der Waals surface area contributed by atoms with Gasteiger partial charge in [0.1, 0.15) is 6.61 Å². The summed E-state index contributed by atoms with van der Waals surface area (Å²) in [6, 6.07) is 16.9. The van der Waals surface area contributed by atoms with Gasteiger partial charge in [0.15, 0.2) is 11.5 Å². The van der Waals surface area contributed by atoms with Crippen molar-refractivity contribution in [3.63, 3.8) is 0 Å². The summed E-state index contributed by atoms with van der Waals surface area (Å²) in [5.41, 5.74) is 2.28. The lowest BCUT2D eigenvalue weighted by Gasteiger charge is -2.13. The first-order valence-electron chi connectivity index (χ1n) is 7.22. The van der Waals surface area contributed by atoms with Crippen LogP contribution >= 0.6 is 0 Å². The van der Waals surface area contributed by atoms with Crippen LogP contribution in [-0.2, 0) is 6.61 Å². The lowest BCUT2D eigenvalue weighted by molar-refractivity contribution is 0.269. The molecule has 4 nitrogen and oxygen atoms in total. The molecule has 0 aliphatic heterocycles. The Balaban J connectivity index is 2.20. The predicted octanol–water partition coefficient (Wildman–Crippen LogP) is 4.07. The maximum absolute atomic E-state index is 9.11. The summed E-state index contributed by atoms with van der Waals surface area (Å²) in [5.74, 6) is 1.22. The fraction of sp³-hybridized carbons (Fsp3) is 0.158. The van der Waals surface area contributed by atoms with E-state index in [1.54, 1.807) is 18.2 Å². The molecule has 0 spiro atoms. The highest BCUT2D eigenvalue weighted by atomic mass is 16.5. The van der Waals surface area contributed by atoms with E-state index in [2.05, 4.69) is 6.07 Å². The molecule has 2 aromatic rings. The molecule has 4 heteroatoms. The van der Waals surface area contributed by atoms with Gasteiger partial charge >= 0.3 is 0 Å². The maximum Gasteiger partial charge on any atom is 0.161 e. The lowest BCUT2D eigenvalue weighted by Crippen LogP contribution is -2.01. The van der Waals surface area contributed by atoms with Crippen LogP contribution in [0.25, 0.3) is 6.08 Å². The molecule has 0 amide bonds. The van der Waals surface area contributed by atoms with Gasteiger partial charge in [-0.2, -0.15) is 10.5 Å². The zero-order valence-electron chi connectivity index (χ0n) is 12.8. The van der Waals surface area contributed by atoms with Crippen molar-refractivity contribution >= 4 is 6.08 Å².